The van der Waals surface area contributed by atoms with Crippen molar-refractivity contribution in [3.05, 3.63) is 22.6 Å². The van der Waals surface area contributed by atoms with Crippen molar-refractivity contribution in [1.29, 1.82) is 0 Å². The summed E-state index contributed by atoms with van der Waals surface area (Å²) in [6, 6.07) is 0. The Kier molecular flexibility index (Phi) is 4.04. The number of aliphatic hydroxyl groups is 1. The van der Waals surface area contributed by atoms with Gasteiger partial charge in [0.15, 0.2) is 5.70 Å². The van der Waals surface area contributed by atoms with Crippen molar-refractivity contribution in [3.8, 4) is 0 Å². The Morgan fingerprint density at radius 3 is 3.00 bits per heavy atom. The van der Waals surface area contributed by atoms with Gasteiger partial charge in [-0.2, -0.15) is 0 Å². The van der Waals surface area contributed by atoms with Gasteiger partial charge >= 0.3 is 5.97 Å². The molecule has 0 bridgehead atoms. The van der Waals surface area contributed by atoms with E-state index >= 15 is 0 Å². The van der Waals surface area contributed by atoms with E-state index in [2.05, 4.69) is 6.58 Å². The summed E-state index contributed by atoms with van der Waals surface area (Å²) < 4.78 is 5.74. The molecule has 0 spiro atoms. The van der Waals surface area contributed by atoms with Gasteiger partial charge in [-0.1, -0.05) is 24.4 Å². The summed E-state index contributed by atoms with van der Waals surface area (Å²) in [5.41, 5.74) is 0.300. The van der Waals surface area contributed by atoms with Gasteiger partial charge in [-0.3, -0.25) is 9.69 Å². The number of thioether (sulfide) groups is 2. The third-order valence-electron chi connectivity index (χ3n) is 2.72. The Bertz CT molecular complexity index is 435. The molecule has 1 N–H and O–H groups in total. The Morgan fingerprint density at radius 1 is 1.72 bits per heavy atom. The third kappa shape index (κ3) is 1.96. The number of hydrogen-bond acceptors (Lipinski definition) is 6. The first kappa shape index (κ1) is 13.5. The van der Waals surface area contributed by atoms with Crippen molar-refractivity contribution in [1.82, 2.24) is 4.90 Å². The molecule has 0 radical (unpaired) electrons. The van der Waals surface area contributed by atoms with E-state index in [4.69, 9.17) is 9.84 Å². The molecule has 0 aromatic rings. The maximum atomic E-state index is 11.9. The summed E-state index contributed by atoms with van der Waals surface area (Å²) in [6.45, 7) is 3.39. The van der Waals surface area contributed by atoms with Gasteiger partial charge in [0.05, 0.1) is 16.8 Å². The third-order valence-corrected chi connectivity index (χ3v) is 5.26. The van der Waals surface area contributed by atoms with Crippen LogP contribution in [0.4, 0.5) is 0 Å². The predicted molar refractivity (Wildman–Crippen MR) is 70.5 cm³/mol. The predicted octanol–water partition coefficient (Wildman–Crippen LogP) is 0.771. The lowest BCUT2D eigenvalue weighted by molar-refractivity contribution is -0.154. The first-order valence-corrected chi connectivity index (χ1v) is 7.43. The molecule has 0 saturated carbocycles. The van der Waals surface area contributed by atoms with Crippen LogP contribution in [0, 0.1) is 5.92 Å². The van der Waals surface area contributed by atoms with E-state index in [0.717, 1.165) is 4.24 Å². The van der Waals surface area contributed by atoms with Crippen molar-refractivity contribution in [2.24, 2.45) is 5.92 Å². The number of nitrogens with zero attached hydrogens (tertiary/aromatic N) is 1. The molecular formula is C11H13NO4S2. The highest BCUT2D eigenvalue weighted by molar-refractivity contribution is 8.22. The van der Waals surface area contributed by atoms with E-state index in [-0.39, 0.29) is 24.5 Å². The lowest BCUT2D eigenvalue weighted by Gasteiger charge is -2.41. The zero-order chi connectivity index (χ0) is 13.3. The van der Waals surface area contributed by atoms with Crippen LogP contribution >= 0.6 is 23.5 Å². The van der Waals surface area contributed by atoms with Crippen LogP contribution in [0.1, 0.15) is 0 Å². The topological polar surface area (TPSA) is 66.8 Å². The Balaban J connectivity index is 2.19. The van der Waals surface area contributed by atoms with Crippen molar-refractivity contribution in [2.75, 3.05) is 19.5 Å². The summed E-state index contributed by atoms with van der Waals surface area (Å²) in [6.07, 6.45) is 3.32. The number of aliphatic hydroxyl groups excluding tert-OH is 1. The lowest BCUT2D eigenvalue weighted by Crippen LogP contribution is -2.58. The Morgan fingerprint density at radius 2 is 2.44 bits per heavy atom. The SMILES string of the molecule is C=CCOC(=O)C1=C(SC)S[C@@H]2[C@H](CO)C(=O)N12. The van der Waals surface area contributed by atoms with Crippen LogP contribution in [0.25, 0.3) is 0 Å². The van der Waals surface area contributed by atoms with Gasteiger partial charge in [0.1, 0.15) is 12.0 Å². The molecule has 7 heteroatoms. The monoisotopic (exact) mass is 287 g/mol. The average molecular weight is 287 g/mol. The minimum Gasteiger partial charge on any atom is -0.457 e. The average Bonchev–Trinajstić information content (AvgIpc) is 2.71. The number of fused-ring (bicyclic) bond motifs is 1. The fourth-order valence-electron chi connectivity index (χ4n) is 1.86. The highest BCUT2D eigenvalue weighted by Gasteiger charge is 2.55. The van der Waals surface area contributed by atoms with Crippen molar-refractivity contribution >= 4 is 35.4 Å². The molecule has 1 saturated heterocycles. The fraction of sp³-hybridized carbons (Fsp3) is 0.455. The van der Waals surface area contributed by atoms with Crippen molar-refractivity contribution < 1.29 is 19.4 Å². The molecule has 98 valence electrons. The van der Waals surface area contributed by atoms with E-state index in [1.165, 1.54) is 34.5 Å². The standard InChI is InChI=1S/C11H13NO4S2/c1-3-4-16-10(15)7-11(17-2)18-9-6(5-13)8(14)12(7)9/h3,6,9,13H,1,4-5H2,2H3/t6-,9-/m1/s1. The molecule has 0 aromatic heterocycles. The van der Waals surface area contributed by atoms with E-state index in [9.17, 15) is 9.59 Å². The molecule has 1 fully saturated rings. The second-order valence-corrected chi connectivity index (χ2v) is 5.93. The summed E-state index contributed by atoms with van der Waals surface area (Å²) >= 11 is 2.83. The molecule has 0 aliphatic carbocycles. The van der Waals surface area contributed by atoms with Crippen LogP contribution in [-0.4, -0.2) is 46.7 Å². The van der Waals surface area contributed by atoms with Gasteiger partial charge in [-0.15, -0.1) is 11.8 Å². The minimum absolute atomic E-state index is 0.116. The number of rotatable bonds is 5. The van der Waals surface area contributed by atoms with Crippen molar-refractivity contribution in [3.63, 3.8) is 0 Å². The number of hydrogen-bond donors (Lipinski definition) is 1. The summed E-state index contributed by atoms with van der Waals surface area (Å²) in [7, 11) is 0. The van der Waals surface area contributed by atoms with Gasteiger partial charge in [-0.05, 0) is 6.26 Å². The number of esters is 1. The molecule has 0 unspecified atom stereocenters. The largest absolute Gasteiger partial charge is 0.457 e. The Labute approximate surface area is 113 Å². The number of carbonyl (C=O) groups is 2. The molecule has 1 amide bonds. The molecule has 5 nitrogen and oxygen atoms in total. The van der Waals surface area contributed by atoms with Crippen LogP contribution in [0.5, 0.6) is 0 Å². The summed E-state index contributed by atoms with van der Waals surface area (Å²) in [5.74, 6) is -1.15. The van der Waals surface area contributed by atoms with Crippen LogP contribution in [-0.2, 0) is 14.3 Å². The number of β-lactam (4-membered cyclic amide) rings is 1. The molecular weight excluding hydrogens is 274 g/mol. The molecule has 2 rings (SSSR count). The highest BCUT2D eigenvalue weighted by Crippen LogP contribution is 2.52. The van der Waals surface area contributed by atoms with E-state index in [0.29, 0.717) is 5.70 Å². The second kappa shape index (κ2) is 5.38. The maximum Gasteiger partial charge on any atom is 0.357 e. The smallest absolute Gasteiger partial charge is 0.357 e. The molecule has 2 aliphatic heterocycles. The van der Waals surface area contributed by atoms with Gasteiger partial charge in [0.25, 0.3) is 0 Å². The van der Waals surface area contributed by atoms with Crippen molar-refractivity contribution in [2.45, 2.75) is 5.37 Å². The van der Waals surface area contributed by atoms with E-state index in [1.54, 1.807) is 0 Å². The molecule has 18 heavy (non-hydrogen) atoms. The first-order chi connectivity index (χ1) is 8.65. The Hall–Kier alpha value is -0.920. The molecule has 2 heterocycles. The molecule has 2 atom stereocenters. The first-order valence-electron chi connectivity index (χ1n) is 5.32. The summed E-state index contributed by atoms with van der Waals surface area (Å²) in [4.78, 5) is 25.1. The van der Waals surface area contributed by atoms with Crippen LogP contribution in [0.2, 0.25) is 0 Å². The zero-order valence-corrected chi connectivity index (χ0v) is 11.4. The van der Waals surface area contributed by atoms with Gasteiger partial charge < -0.3 is 9.84 Å². The van der Waals surface area contributed by atoms with Crippen LogP contribution < -0.4 is 0 Å². The molecule has 0 aromatic carbocycles. The molecule has 2 aliphatic rings. The van der Waals surface area contributed by atoms with E-state index in [1.807, 2.05) is 6.26 Å². The zero-order valence-electron chi connectivity index (χ0n) is 9.79. The fourth-order valence-corrected chi connectivity index (χ4v) is 4.11. The van der Waals surface area contributed by atoms with Gasteiger partial charge in [-0.25, -0.2) is 4.79 Å². The highest BCUT2D eigenvalue weighted by atomic mass is 32.2. The maximum absolute atomic E-state index is 11.9. The number of ether oxygens (including phenoxy) is 1. The quantitative estimate of drug-likeness (QED) is 0.458. The summed E-state index contributed by atoms with van der Waals surface area (Å²) in [5, 5.41) is 8.94. The van der Waals surface area contributed by atoms with E-state index < -0.39 is 11.9 Å². The lowest BCUT2D eigenvalue weighted by atomic mass is 9.99. The minimum atomic E-state index is -0.515. The van der Waals surface area contributed by atoms with Gasteiger partial charge in [0, 0.05) is 0 Å². The van der Waals surface area contributed by atoms with Crippen LogP contribution in [0.3, 0.4) is 0 Å². The van der Waals surface area contributed by atoms with Gasteiger partial charge in [0.2, 0.25) is 5.91 Å². The second-order valence-electron chi connectivity index (χ2n) is 3.73. The number of amides is 1. The van der Waals surface area contributed by atoms with Crippen LogP contribution in [0.15, 0.2) is 22.6 Å². The normalized spacial score (nSPS) is 25.9. The number of carbonyl (C=O) groups excluding carboxylic acids is 2.